The van der Waals surface area contributed by atoms with Crippen molar-refractivity contribution in [1.82, 2.24) is 4.90 Å². The van der Waals surface area contributed by atoms with Gasteiger partial charge in [0.15, 0.2) is 0 Å². The molecule has 0 spiro atoms. The van der Waals surface area contributed by atoms with Crippen molar-refractivity contribution in [3.63, 3.8) is 0 Å². The minimum Gasteiger partial charge on any atom is -0.481 e. The first-order valence-electron chi connectivity index (χ1n) is 6.30. The van der Waals surface area contributed by atoms with E-state index < -0.39 is 5.97 Å². The number of carbonyl (C=O) groups excluding carboxylic acids is 1. The van der Waals surface area contributed by atoms with Crippen LogP contribution in [0.3, 0.4) is 0 Å². The zero-order valence-electron chi connectivity index (χ0n) is 11.0. The monoisotopic (exact) mass is 265 g/mol. The second-order valence-corrected chi connectivity index (χ2v) is 4.19. The molecule has 0 fully saturated rings. The molecule has 0 saturated heterocycles. The van der Waals surface area contributed by atoms with Crippen molar-refractivity contribution >= 4 is 11.9 Å². The molecular formula is C14H19NO4. The summed E-state index contributed by atoms with van der Waals surface area (Å²) >= 11 is 0. The Hall–Kier alpha value is -1.88. The molecule has 0 radical (unpaired) electrons. The number of aliphatic hydroxyl groups is 1. The van der Waals surface area contributed by atoms with E-state index >= 15 is 0 Å². The highest BCUT2D eigenvalue weighted by Crippen LogP contribution is 2.13. The standard InChI is InChI=1S/C14H19NO4/c1-2-15(8-5-9-16)14(19)12-7-4-3-6-11(12)10-13(17)18/h3-4,6-7,16H,2,5,8-10H2,1H3,(H,17,18). The number of nitrogens with zero attached hydrogens (tertiary/aromatic N) is 1. The molecule has 1 aromatic rings. The molecule has 0 aliphatic rings. The fourth-order valence-electron chi connectivity index (χ4n) is 1.88. The van der Waals surface area contributed by atoms with E-state index in [2.05, 4.69) is 0 Å². The van der Waals surface area contributed by atoms with Crippen LogP contribution in [0.2, 0.25) is 0 Å². The van der Waals surface area contributed by atoms with E-state index in [4.69, 9.17) is 10.2 Å². The Labute approximate surface area is 112 Å². The Morgan fingerprint density at radius 3 is 2.53 bits per heavy atom. The second kappa shape index (κ2) is 7.53. The Bertz CT molecular complexity index is 445. The molecule has 0 heterocycles. The average Bonchev–Trinajstić information content (AvgIpc) is 2.39. The van der Waals surface area contributed by atoms with Gasteiger partial charge in [-0.1, -0.05) is 18.2 Å². The molecule has 0 unspecified atom stereocenters. The normalized spacial score (nSPS) is 10.2. The minimum absolute atomic E-state index is 0.0283. The van der Waals surface area contributed by atoms with Gasteiger partial charge in [0.2, 0.25) is 0 Å². The molecule has 5 nitrogen and oxygen atoms in total. The summed E-state index contributed by atoms with van der Waals surface area (Å²) in [7, 11) is 0. The third-order valence-corrected chi connectivity index (χ3v) is 2.84. The number of hydrogen-bond acceptors (Lipinski definition) is 3. The van der Waals surface area contributed by atoms with E-state index in [0.29, 0.717) is 30.6 Å². The summed E-state index contributed by atoms with van der Waals surface area (Å²) < 4.78 is 0. The first kappa shape index (κ1) is 15.2. The third kappa shape index (κ3) is 4.37. The summed E-state index contributed by atoms with van der Waals surface area (Å²) in [5, 5.41) is 17.7. The number of carboxylic acids is 1. The Morgan fingerprint density at radius 2 is 1.95 bits per heavy atom. The van der Waals surface area contributed by atoms with Crippen LogP contribution in [0.4, 0.5) is 0 Å². The van der Waals surface area contributed by atoms with Crippen LogP contribution in [0.1, 0.15) is 29.3 Å². The molecule has 0 saturated carbocycles. The Kier molecular flexibility index (Phi) is 6.02. The summed E-state index contributed by atoms with van der Waals surface area (Å²) in [5.41, 5.74) is 0.937. The molecule has 0 aliphatic carbocycles. The van der Waals surface area contributed by atoms with Crippen LogP contribution in [0.5, 0.6) is 0 Å². The fraction of sp³-hybridized carbons (Fsp3) is 0.429. The lowest BCUT2D eigenvalue weighted by Crippen LogP contribution is -2.33. The Morgan fingerprint density at radius 1 is 1.26 bits per heavy atom. The molecule has 1 amide bonds. The minimum atomic E-state index is -0.960. The van der Waals surface area contributed by atoms with Crippen LogP contribution >= 0.6 is 0 Å². The summed E-state index contributed by atoms with van der Waals surface area (Å²) in [5.74, 6) is -1.15. The van der Waals surface area contributed by atoms with Gasteiger partial charge in [-0.25, -0.2) is 0 Å². The number of aliphatic hydroxyl groups excluding tert-OH is 1. The lowest BCUT2D eigenvalue weighted by Gasteiger charge is -2.21. The number of hydrogen-bond donors (Lipinski definition) is 2. The van der Waals surface area contributed by atoms with Crippen molar-refractivity contribution < 1.29 is 19.8 Å². The number of rotatable bonds is 7. The Balaban J connectivity index is 2.93. The lowest BCUT2D eigenvalue weighted by atomic mass is 10.0. The topological polar surface area (TPSA) is 77.8 Å². The zero-order valence-corrected chi connectivity index (χ0v) is 11.0. The maximum Gasteiger partial charge on any atom is 0.307 e. The summed E-state index contributed by atoms with van der Waals surface area (Å²) in [6, 6.07) is 6.74. The maximum atomic E-state index is 12.3. The highest BCUT2D eigenvalue weighted by Gasteiger charge is 2.18. The highest BCUT2D eigenvalue weighted by molar-refractivity contribution is 5.96. The van der Waals surface area contributed by atoms with Crippen molar-refractivity contribution in [3.05, 3.63) is 35.4 Å². The summed E-state index contributed by atoms with van der Waals surface area (Å²) in [6.45, 7) is 2.88. The molecule has 19 heavy (non-hydrogen) atoms. The van der Waals surface area contributed by atoms with Gasteiger partial charge >= 0.3 is 5.97 Å². The molecule has 1 aromatic carbocycles. The van der Waals surface area contributed by atoms with E-state index in [0.717, 1.165) is 0 Å². The van der Waals surface area contributed by atoms with Crippen LogP contribution < -0.4 is 0 Å². The van der Waals surface area contributed by atoms with Crippen LogP contribution in [0.25, 0.3) is 0 Å². The molecule has 1 rings (SSSR count). The van der Waals surface area contributed by atoms with Crippen LogP contribution in [-0.4, -0.2) is 46.7 Å². The van der Waals surface area contributed by atoms with Gasteiger partial charge in [-0.2, -0.15) is 0 Å². The van der Waals surface area contributed by atoms with Crippen molar-refractivity contribution in [2.24, 2.45) is 0 Å². The molecule has 0 aliphatic heterocycles. The van der Waals surface area contributed by atoms with Crippen molar-refractivity contribution in [1.29, 1.82) is 0 Å². The quantitative estimate of drug-likeness (QED) is 0.775. The number of carboxylic acid groups (broad SMARTS) is 1. The van der Waals surface area contributed by atoms with Crippen LogP contribution in [-0.2, 0) is 11.2 Å². The SMILES string of the molecule is CCN(CCCO)C(=O)c1ccccc1CC(=O)O. The lowest BCUT2D eigenvalue weighted by molar-refractivity contribution is -0.136. The number of benzene rings is 1. The molecule has 5 heteroatoms. The predicted molar refractivity (Wildman–Crippen MR) is 71.1 cm³/mol. The van der Waals surface area contributed by atoms with Gasteiger partial charge in [-0.05, 0) is 25.0 Å². The van der Waals surface area contributed by atoms with Gasteiger partial charge in [-0.15, -0.1) is 0 Å². The van der Waals surface area contributed by atoms with Gasteiger partial charge in [0.25, 0.3) is 5.91 Å². The molecule has 0 atom stereocenters. The van der Waals surface area contributed by atoms with Gasteiger partial charge in [-0.3, -0.25) is 9.59 Å². The molecule has 2 N–H and O–H groups in total. The van der Waals surface area contributed by atoms with Gasteiger partial charge < -0.3 is 15.1 Å². The number of carbonyl (C=O) groups is 2. The largest absolute Gasteiger partial charge is 0.481 e. The van der Waals surface area contributed by atoms with E-state index in [-0.39, 0.29) is 18.9 Å². The highest BCUT2D eigenvalue weighted by atomic mass is 16.4. The molecular weight excluding hydrogens is 246 g/mol. The first-order chi connectivity index (χ1) is 9.10. The molecule has 104 valence electrons. The van der Waals surface area contributed by atoms with Crippen LogP contribution in [0, 0.1) is 0 Å². The zero-order chi connectivity index (χ0) is 14.3. The predicted octanol–water partition coefficient (Wildman–Crippen LogP) is 1.16. The molecule has 0 aromatic heterocycles. The van der Waals surface area contributed by atoms with E-state index in [1.54, 1.807) is 29.2 Å². The van der Waals surface area contributed by atoms with Gasteiger partial charge in [0.1, 0.15) is 0 Å². The maximum absolute atomic E-state index is 12.3. The summed E-state index contributed by atoms with van der Waals surface area (Å²) in [6.07, 6.45) is 0.347. The summed E-state index contributed by atoms with van der Waals surface area (Å²) in [4.78, 5) is 24.7. The second-order valence-electron chi connectivity index (χ2n) is 4.19. The average molecular weight is 265 g/mol. The van der Waals surface area contributed by atoms with Gasteiger partial charge in [0.05, 0.1) is 6.42 Å². The fourth-order valence-corrected chi connectivity index (χ4v) is 1.88. The van der Waals surface area contributed by atoms with E-state index in [1.165, 1.54) is 0 Å². The van der Waals surface area contributed by atoms with E-state index in [9.17, 15) is 9.59 Å². The van der Waals surface area contributed by atoms with Crippen molar-refractivity contribution in [2.75, 3.05) is 19.7 Å². The van der Waals surface area contributed by atoms with Crippen molar-refractivity contribution in [3.8, 4) is 0 Å². The molecule has 0 bridgehead atoms. The number of amides is 1. The third-order valence-electron chi connectivity index (χ3n) is 2.84. The smallest absolute Gasteiger partial charge is 0.307 e. The number of aliphatic carboxylic acids is 1. The van der Waals surface area contributed by atoms with Gasteiger partial charge in [0, 0.05) is 25.3 Å². The van der Waals surface area contributed by atoms with E-state index in [1.807, 2.05) is 6.92 Å². The van der Waals surface area contributed by atoms with Crippen molar-refractivity contribution in [2.45, 2.75) is 19.8 Å². The first-order valence-corrected chi connectivity index (χ1v) is 6.30. The van der Waals surface area contributed by atoms with Crippen LogP contribution in [0.15, 0.2) is 24.3 Å².